The summed E-state index contributed by atoms with van der Waals surface area (Å²) in [4.78, 5) is 14.2. The van der Waals surface area contributed by atoms with Crippen LogP contribution in [0.3, 0.4) is 0 Å². The molecule has 2 rings (SSSR count). The summed E-state index contributed by atoms with van der Waals surface area (Å²) in [5, 5.41) is 0.186. The summed E-state index contributed by atoms with van der Waals surface area (Å²) in [6.07, 6.45) is 3.90. The first-order valence-corrected chi connectivity index (χ1v) is 6.79. The summed E-state index contributed by atoms with van der Waals surface area (Å²) in [5.74, 6) is 0.841. The zero-order chi connectivity index (χ0) is 11.2. The fourth-order valence-electron chi connectivity index (χ4n) is 1.90. The van der Waals surface area contributed by atoms with Gasteiger partial charge in [-0.3, -0.25) is 9.69 Å². The molecule has 1 heterocycles. The van der Waals surface area contributed by atoms with E-state index in [9.17, 15) is 4.79 Å². The van der Waals surface area contributed by atoms with Gasteiger partial charge in [0.05, 0.1) is 5.88 Å². The second-order valence-corrected chi connectivity index (χ2v) is 5.02. The van der Waals surface area contributed by atoms with Gasteiger partial charge in [-0.25, -0.2) is 0 Å². The highest BCUT2D eigenvalue weighted by atomic mass is 127. The molecular formula is C13H18INOS. The summed E-state index contributed by atoms with van der Waals surface area (Å²) in [7, 11) is 0. The number of benzene rings is 1. The van der Waals surface area contributed by atoms with Gasteiger partial charge in [0.1, 0.15) is 0 Å². The minimum atomic E-state index is 0. The summed E-state index contributed by atoms with van der Waals surface area (Å²) in [6, 6.07) is 9.52. The van der Waals surface area contributed by atoms with Crippen molar-refractivity contribution in [2.75, 3.05) is 19.0 Å². The van der Waals surface area contributed by atoms with Crippen molar-refractivity contribution >= 4 is 40.9 Å². The molecule has 0 saturated carbocycles. The van der Waals surface area contributed by atoms with Gasteiger partial charge in [0.25, 0.3) is 0 Å². The second kappa shape index (κ2) is 8.11. The van der Waals surface area contributed by atoms with Crippen LogP contribution in [0.15, 0.2) is 30.3 Å². The van der Waals surface area contributed by atoms with Gasteiger partial charge < -0.3 is 0 Å². The van der Waals surface area contributed by atoms with Crippen molar-refractivity contribution in [2.24, 2.45) is 0 Å². The van der Waals surface area contributed by atoms with Gasteiger partial charge in [0.2, 0.25) is 5.12 Å². The lowest BCUT2D eigenvalue weighted by atomic mass is 10.1. The van der Waals surface area contributed by atoms with E-state index in [-0.39, 0.29) is 29.1 Å². The molecule has 94 valence electrons. The van der Waals surface area contributed by atoms with E-state index < -0.39 is 0 Å². The van der Waals surface area contributed by atoms with Gasteiger partial charge in [-0.1, -0.05) is 48.5 Å². The van der Waals surface area contributed by atoms with Gasteiger partial charge in [-0.05, 0) is 25.9 Å². The van der Waals surface area contributed by atoms with Crippen LogP contribution in [0.2, 0.25) is 0 Å². The molecule has 0 unspecified atom stereocenters. The minimum absolute atomic E-state index is 0. The molecule has 0 N–H and O–H groups in total. The molecule has 1 aliphatic rings. The van der Waals surface area contributed by atoms with E-state index in [1.165, 1.54) is 31.0 Å². The fraction of sp³-hybridized carbons (Fsp3) is 0.462. The minimum Gasteiger partial charge on any atom is -0.294 e. The van der Waals surface area contributed by atoms with E-state index in [1.54, 1.807) is 0 Å². The van der Waals surface area contributed by atoms with Crippen LogP contribution >= 0.6 is 35.7 Å². The van der Waals surface area contributed by atoms with Crippen LogP contribution in [0.1, 0.15) is 29.6 Å². The molecule has 0 atom stereocenters. The van der Waals surface area contributed by atoms with Gasteiger partial charge in [-0.15, -0.1) is 24.0 Å². The number of likely N-dealkylation sites (tertiary alicyclic amines) is 1. The molecule has 0 bridgehead atoms. The van der Waals surface area contributed by atoms with Crippen molar-refractivity contribution < 1.29 is 4.79 Å². The average molecular weight is 363 g/mol. The molecule has 1 aliphatic heterocycles. The van der Waals surface area contributed by atoms with Crippen molar-refractivity contribution in [3.63, 3.8) is 0 Å². The normalized spacial score (nSPS) is 16.2. The van der Waals surface area contributed by atoms with E-state index in [0.717, 1.165) is 24.5 Å². The van der Waals surface area contributed by atoms with Crippen LogP contribution in [-0.2, 0) is 0 Å². The first-order chi connectivity index (χ1) is 7.86. The Labute approximate surface area is 124 Å². The average Bonchev–Trinajstić information content (AvgIpc) is 2.38. The lowest BCUT2D eigenvalue weighted by Gasteiger charge is -2.25. The highest BCUT2D eigenvalue weighted by molar-refractivity contribution is 14.0. The maximum atomic E-state index is 11.8. The van der Waals surface area contributed by atoms with Crippen molar-refractivity contribution in [1.29, 1.82) is 0 Å². The number of rotatable bonds is 3. The monoisotopic (exact) mass is 363 g/mol. The van der Waals surface area contributed by atoms with Crippen molar-refractivity contribution in [2.45, 2.75) is 19.3 Å². The SMILES string of the molecule is I.O=C(SCN1CCCCC1)c1ccccc1. The van der Waals surface area contributed by atoms with E-state index in [0.29, 0.717) is 0 Å². The number of piperidine rings is 1. The molecule has 0 amide bonds. The number of halogens is 1. The Kier molecular flexibility index (Phi) is 7.15. The number of thioether (sulfide) groups is 1. The third-order valence-electron chi connectivity index (χ3n) is 2.84. The van der Waals surface area contributed by atoms with E-state index in [1.807, 2.05) is 30.3 Å². The molecule has 2 nitrogen and oxygen atoms in total. The Hall–Kier alpha value is -0.0700. The topological polar surface area (TPSA) is 20.3 Å². The number of nitrogens with zero attached hydrogens (tertiary/aromatic N) is 1. The quantitative estimate of drug-likeness (QED) is 0.765. The first kappa shape index (κ1) is 15.0. The number of hydrogen-bond donors (Lipinski definition) is 0. The zero-order valence-corrected chi connectivity index (χ0v) is 12.9. The number of carbonyl (C=O) groups excluding carboxylic acids is 1. The Bertz CT molecular complexity index is 339. The zero-order valence-electron chi connectivity index (χ0n) is 9.80. The Morgan fingerprint density at radius 3 is 2.41 bits per heavy atom. The Balaban J connectivity index is 0.00000144. The molecule has 1 aromatic carbocycles. The predicted molar refractivity (Wildman–Crippen MR) is 84.1 cm³/mol. The summed E-state index contributed by atoms with van der Waals surface area (Å²) in [5.41, 5.74) is 0.810. The van der Waals surface area contributed by atoms with Crippen LogP contribution in [0.4, 0.5) is 0 Å². The molecule has 1 aromatic rings. The highest BCUT2D eigenvalue weighted by Crippen LogP contribution is 2.16. The molecule has 1 saturated heterocycles. The molecule has 0 aromatic heterocycles. The number of carbonyl (C=O) groups is 1. The third kappa shape index (κ3) is 4.97. The maximum absolute atomic E-state index is 11.8. The first-order valence-electron chi connectivity index (χ1n) is 5.81. The molecule has 17 heavy (non-hydrogen) atoms. The van der Waals surface area contributed by atoms with Crippen molar-refractivity contribution in [3.05, 3.63) is 35.9 Å². The smallest absolute Gasteiger partial charge is 0.220 e. The van der Waals surface area contributed by atoms with Crippen LogP contribution in [0.25, 0.3) is 0 Å². The largest absolute Gasteiger partial charge is 0.294 e. The summed E-state index contributed by atoms with van der Waals surface area (Å²) in [6.45, 7) is 2.30. The lowest BCUT2D eigenvalue weighted by molar-refractivity contribution is 0.108. The van der Waals surface area contributed by atoms with Gasteiger partial charge >= 0.3 is 0 Å². The second-order valence-electron chi connectivity index (χ2n) is 4.11. The molecule has 0 spiro atoms. The predicted octanol–water partition coefficient (Wildman–Crippen LogP) is 3.62. The van der Waals surface area contributed by atoms with Gasteiger partial charge in [0, 0.05) is 5.56 Å². The van der Waals surface area contributed by atoms with E-state index >= 15 is 0 Å². The van der Waals surface area contributed by atoms with E-state index in [4.69, 9.17) is 0 Å². The molecule has 4 heteroatoms. The Morgan fingerprint density at radius 2 is 1.76 bits per heavy atom. The molecule has 1 fully saturated rings. The fourth-order valence-corrected chi connectivity index (χ4v) is 2.76. The van der Waals surface area contributed by atoms with Crippen molar-refractivity contribution in [3.8, 4) is 0 Å². The van der Waals surface area contributed by atoms with Crippen LogP contribution in [0, 0.1) is 0 Å². The van der Waals surface area contributed by atoms with Crippen LogP contribution in [0.5, 0.6) is 0 Å². The molecular weight excluding hydrogens is 345 g/mol. The van der Waals surface area contributed by atoms with Gasteiger partial charge in [-0.2, -0.15) is 0 Å². The van der Waals surface area contributed by atoms with Crippen LogP contribution < -0.4 is 0 Å². The van der Waals surface area contributed by atoms with Crippen molar-refractivity contribution in [1.82, 2.24) is 4.90 Å². The third-order valence-corrected chi connectivity index (χ3v) is 3.83. The molecule has 0 radical (unpaired) electrons. The van der Waals surface area contributed by atoms with Crippen LogP contribution in [-0.4, -0.2) is 29.0 Å². The summed E-state index contributed by atoms with van der Waals surface area (Å²) < 4.78 is 0. The van der Waals surface area contributed by atoms with E-state index in [2.05, 4.69) is 4.90 Å². The standard InChI is InChI=1S/C13H17NOS.HI/c15-13(12-7-3-1-4-8-12)16-11-14-9-5-2-6-10-14;/h1,3-4,7-8H,2,5-6,9-11H2;1H. The highest BCUT2D eigenvalue weighted by Gasteiger charge is 2.12. The number of hydrogen-bond acceptors (Lipinski definition) is 3. The maximum Gasteiger partial charge on any atom is 0.220 e. The Morgan fingerprint density at radius 1 is 1.12 bits per heavy atom. The molecule has 0 aliphatic carbocycles. The van der Waals surface area contributed by atoms with Gasteiger partial charge in [0.15, 0.2) is 0 Å². The lowest BCUT2D eigenvalue weighted by Crippen LogP contribution is -2.29. The summed E-state index contributed by atoms with van der Waals surface area (Å²) >= 11 is 1.42.